The average molecular weight is 377 g/mol. The van der Waals surface area contributed by atoms with E-state index < -0.39 is 22.1 Å². The van der Waals surface area contributed by atoms with Crippen molar-refractivity contribution in [2.24, 2.45) is 0 Å². The van der Waals surface area contributed by atoms with Crippen molar-refractivity contribution in [3.8, 4) is 0 Å². The van der Waals surface area contributed by atoms with Crippen LogP contribution in [0.3, 0.4) is 0 Å². The largest absolute Gasteiger partial charge is 0.335 e. The van der Waals surface area contributed by atoms with E-state index in [0.717, 1.165) is 31.7 Å². The maximum atomic E-state index is 12.5. The zero-order valence-corrected chi connectivity index (χ0v) is 15.0. The second kappa shape index (κ2) is 8.19. The third-order valence-electron chi connectivity index (χ3n) is 5.11. The number of amides is 3. The molecule has 3 amide bonds. The van der Waals surface area contributed by atoms with Crippen LogP contribution in [0.4, 0.5) is 10.5 Å². The molecule has 1 aromatic rings. The molecule has 0 aromatic carbocycles. The van der Waals surface area contributed by atoms with Crippen molar-refractivity contribution in [2.45, 2.75) is 38.1 Å². The molecule has 1 saturated carbocycles. The highest BCUT2D eigenvalue weighted by molar-refractivity contribution is 5.94. The maximum absolute atomic E-state index is 12.5. The average Bonchev–Trinajstić information content (AvgIpc) is 2.68. The zero-order chi connectivity index (χ0) is 19.4. The number of nitrogens with one attached hydrogen (secondary N) is 2. The van der Waals surface area contributed by atoms with Crippen LogP contribution < -0.4 is 10.9 Å². The Morgan fingerprint density at radius 3 is 2.37 bits per heavy atom. The van der Waals surface area contributed by atoms with Crippen LogP contribution in [0.15, 0.2) is 17.1 Å². The second-order valence-corrected chi connectivity index (χ2v) is 6.92. The molecular formula is C17H23N5O5. The van der Waals surface area contributed by atoms with Crippen LogP contribution in [0.5, 0.6) is 0 Å². The quantitative estimate of drug-likeness (QED) is 0.602. The summed E-state index contributed by atoms with van der Waals surface area (Å²) in [6.07, 6.45) is 6.69. The Morgan fingerprint density at radius 1 is 1.11 bits per heavy atom. The first-order valence-corrected chi connectivity index (χ1v) is 9.17. The Kier molecular flexibility index (Phi) is 5.72. The number of carbonyl (C=O) groups excluding carboxylic acids is 2. The number of hydrogen-bond acceptors (Lipinski definition) is 5. The zero-order valence-electron chi connectivity index (χ0n) is 15.0. The molecule has 1 aromatic heterocycles. The van der Waals surface area contributed by atoms with Gasteiger partial charge >= 0.3 is 17.3 Å². The first-order valence-electron chi connectivity index (χ1n) is 9.17. The van der Waals surface area contributed by atoms with Crippen molar-refractivity contribution in [1.82, 2.24) is 20.1 Å². The number of aromatic nitrogens is 1. The predicted octanol–water partition coefficient (Wildman–Crippen LogP) is 1.08. The predicted molar refractivity (Wildman–Crippen MR) is 96.6 cm³/mol. The monoisotopic (exact) mass is 377 g/mol. The molecule has 1 saturated heterocycles. The molecule has 0 radical (unpaired) electrons. The highest BCUT2D eigenvalue weighted by Crippen LogP contribution is 2.18. The lowest BCUT2D eigenvalue weighted by molar-refractivity contribution is -0.386. The van der Waals surface area contributed by atoms with Gasteiger partial charge in [0.1, 0.15) is 0 Å². The van der Waals surface area contributed by atoms with E-state index in [9.17, 15) is 24.5 Å². The Balaban J connectivity index is 1.56. The molecule has 10 heteroatoms. The first kappa shape index (κ1) is 18.9. The van der Waals surface area contributed by atoms with E-state index in [0.29, 0.717) is 26.2 Å². The second-order valence-electron chi connectivity index (χ2n) is 6.92. The van der Waals surface area contributed by atoms with Gasteiger partial charge in [-0.3, -0.25) is 19.7 Å². The Morgan fingerprint density at radius 2 is 1.74 bits per heavy atom. The maximum Gasteiger partial charge on any atom is 0.334 e. The standard InChI is InChI=1S/C17H23N5O5/c23-15-14(22(26)27)10-12(11-18-15)16(24)20-6-8-21(9-7-20)17(25)19-13-4-2-1-3-5-13/h10-11,13H,1-9H2,(H,18,23)(H,19,25). The summed E-state index contributed by atoms with van der Waals surface area (Å²) < 4.78 is 0. The van der Waals surface area contributed by atoms with Gasteiger partial charge in [0.2, 0.25) is 0 Å². The number of rotatable bonds is 3. The molecule has 0 bridgehead atoms. The van der Waals surface area contributed by atoms with Crippen molar-refractivity contribution in [3.05, 3.63) is 38.3 Å². The van der Waals surface area contributed by atoms with Crippen LogP contribution in [-0.4, -0.2) is 63.9 Å². The normalized spacial score (nSPS) is 18.2. The van der Waals surface area contributed by atoms with Crippen LogP contribution in [0, 0.1) is 10.1 Å². The Labute approximate surface area is 155 Å². The SMILES string of the molecule is O=C(NC1CCCCC1)N1CCN(C(=O)c2c[nH]c(=O)c([N+](=O)[O-])c2)CC1. The minimum atomic E-state index is -0.847. The van der Waals surface area contributed by atoms with Crippen molar-refractivity contribution < 1.29 is 14.5 Å². The molecule has 2 N–H and O–H groups in total. The fraction of sp³-hybridized carbons (Fsp3) is 0.588. The van der Waals surface area contributed by atoms with Gasteiger partial charge in [-0.05, 0) is 12.8 Å². The summed E-state index contributed by atoms with van der Waals surface area (Å²) in [5, 5.41) is 13.9. The lowest BCUT2D eigenvalue weighted by Crippen LogP contribution is -2.54. The lowest BCUT2D eigenvalue weighted by Gasteiger charge is -2.36. The van der Waals surface area contributed by atoms with Gasteiger partial charge in [-0.25, -0.2) is 4.79 Å². The van der Waals surface area contributed by atoms with E-state index in [-0.39, 0.29) is 17.6 Å². The van der Waals surface area contributed by atoms with E-state index in [2.05, 4.69) is 10.3 Å². The summed E-state index contributed by atoms with van der Waals surface area (Å²) >= 11 is 0. The fourth-order valence-electron chi connectivity index (χ4n) is 3.54. The molecule has 10 nitrogen and oxygen atoms in total. The van der Waals surface area contributed by atoms with Crippen molar-refractivity contribution >= 4 is 17.6 Å². The molecule has 3 rings (SSSR count). The number of H-pyrrole nitrogens is 1. The van der Waals surface area contributed by atoms with Crippen LogP contribution >= 0.6 is 0 Å². The number of urea groups is 1. The molecule has 1 aliphatic heterocycles. The number of aromatic amines is 1. The van der Waals surface area contributed by atoms with E-state index in [1.807, 2.05) is 0 Å². The van der Waals surface area contributed by atoms with Gasteiger partial charge in [0.15, 0.2) is 0 Å². The van der Waals surface area contributed by atoms with E-state index in [1.165, 1.54) is 17.5 Å². The third-order valence-corrected chi connectivity index (χ3v) is 5.11. The summed E-state index contributed by atoms with van der Waals surface area (Å²) in [5.74, 6) is -0.401. The highest BCUT2D eigenvalue weighted by atomic mass is 16.6. The molecule has 27 heavy (non-hydrogen) atoms. The Hall–Kier alpha value is -2.91. The number of nitrogens with zero attached hydrogens (tertiary/aromatic N) is 3. The van der Waals surface area contributed by atoms with Crippen molar-refractivity contribution in [3.63, 3.8) is 0 Å². The van der Waals surface area contributed by atoms with Crippen molar-refractivity contribution in [1.29, 1.82) is 0 Å². The lowest BCUT2D eigenvalue weighted by atomic mass is 9.96. The van der Waals surface area contributed by atoms with Crippen molar-refractivity contribution in [2.75, 3.05) is 26.2 Å². The molecule has 0 atom stereocenters. The minimum absolute atomic E-state index is 0.0569. The van der Waals surface area contributed by atoms with Crippen LogP contribution in [0.1, 0.15) is 42.5 Å². The minimum Gasteiger partial charge on any atom is -0.335 e. The number of carbonyl (C=O) groups is 2. The summed E-state index contributed by atoms with van der Waals surface area (Å²) in [7, 11) is 0. The van der Waals surface area contributed by atoms with Gasteiger partial charge in [0.25, 0.3) is 5.91 Å². The molecule has 2 aliphatic rings. The summed E-state index contributed by atoms with van der Waals surface area (Å²) in [6.45, 7) is 1.47. The van der Waals surface area contributed by atoms with Crippen LogP contribution in [0.25, 0.3) is 0 Å². The first-order chi connectivity index (χ1) is 13.0. The van der Waals surface area contributed by atoms with Gasteiger partial charge in [0.05, 0.1) is 10.5 Å². The smallest absolute Gasteiger partial charge is 0.334 e. The molecule has 2 heterocycles. The van der Waals surface area contributed by atoms with E-state index >= 15 is 0 Å². The topological polar surface area (TPSA) is 129 Å². The van der Waals surface area contributed by atoms with Crippen LogP contribution in [0.2, 0.25) is 0 Å². The fourth-order valence-corrected chi connectivity index (χ4v) is 3.54. The molecular weight excluding hydrogens is 354 g/mol. The van der Waals surface area contributed by atoms with Gasteiger partial charge in [-0.1, -0.05) is 19.3 Å². The number of pyridine rings is 1. The molecule has 0 spiro atoms. The number of hydrogen-bond donors (Lipinski definition) is 2. The van der Waals surface area contributed by atoms with Crippen LogP contribution in [-0.2, 0) is 0 Å². The molecule has 1 aliphatic carbocycles. The summed E-state index contributed by atoms with van der Waals surface area (Å²) in [4.78, 5) is 51.8. The van der Waals surface area contributed by atoms with Gasteiger partial charge < -0.3 is 20.1 Å². The molecule has 0 unspecified atom stereocenters. The number of nitro groups is 1. The summed E-state index contributed by atoms with van der Waals surface area (Å²) in [5.41, 5.74) is -1.45. The summed E-state index contributed by atoms with van der Waals surface area (Å²) in [6, 6.07) is 1.12. The van der Waals surface area contributed by atoms with Gasteiger partial charge in [-0.2, -0.15) is 0 Å². The van der Waals surface area contributed by atoms with Gasteiger partial charge in [0, 0.05) is 44.5 Å². The molecule has 2 fully saturated rings. The highest BCUT2D eigenvalue weighted by Gasteiger charge is 2.27. The Bertz CT molecular complexity index is 778. The third kappa shape index (κ3) is 4.44. The van der Waals surface area contributed by atoms with E-state index in [1.54, 1.807) is 4.90 Å². The number of piperazine rings is 1. The van der Waals surface area contributed by atoms with E-state index in [4.69, 9.17) is 0 Å². The molecule has 146 valence electrons. The van der Waals surface area contributed by atoms with Gasteiger partial charge in [-0.15, -0.1) is 0 Å².